The molecule has 13 heavy (non-hydrogen) atoms. The first-order chi connectivity index (χ1) is 6.27. The number of thioether (sulfide) groups is 1. The van der Waals surface area contributed by atoms with Crippen molar-refractivity contribution in [2.24, 2.45) is 0 Å². The largest absolute Gasteiger partial charge is 0.469 e. The number of rotatable bonds is 3. The lowest BCUT2D eigenvalue weighted by Gasteiger charge is -2.04. The topological polar surface area (TPSA) is 26.3 Å². The van der Waals surface area contributed by atoms with E-state index in [0.717, 1.165) is 10.5 Å². The molecule has 2 nitrogen and oxygen atoms in total. The van der Waals surface area contributed by atoms with Gasteiger partial charge in [-0.25, -0.2) is 0 Å². The van der Waals surface area contributed by atoms with Gasteiger partial charge in [-0.05, 0) is 17.9 Å². The van der Waals surface area contributed by atoms with E-state index in [4.69, 9.17) is 0 Å². The highest BCUT2D eigenvalue weighted by molar-refractivity contribution is 7.98. The van der Waals surface area contributed by atoms with Crippen LogP contribution in [-0.4, -0.2) is 19.3 Å². The molecule has 0 spiro atoms. The van der Waals surface area contributed by atoms with Crippen LogP contribution in [0.25, 0.3) is 0 Å². The summed E-state index contributed by atoms with van der Waals surface area (Å²) in [5, 5.41) is 0. The molecule has 0 aliphatic heterocycles. The van der Waals surface area contributed by atoms with E-state index < -0.39 is 0 Å². The van der Waals surface area contributed by atoms with Crippen LogP contribution in [0.15, 0.2) is 29.2 Å². The van der Waals surface area contributed by atoms with Gasteiger partial charge in [-0.3, -0.25) is 4.79 Å². The Balaban J connectivity index is 2.81. The van der Waals surface area contributed by atoms with E-state index in [1.165, 1.54) is 7.11 Å². The van der Waals surface area contributed by atoms with Crippen LogP contribution in [0.1, 0.15) is 5.56 Å². The van der Waals surface area contributed by atoms with E-state index in [9.17, 15) is 4.79 Å². The van der Waals surface area contributed by atoms with E-state index in [2.05, 4.69) is 4.74 Å². The maximum absolute atomic E-state index is 11.0. The number of carbonyl (C=O) groups excluding carboxylic acids is 1. The minimum absolute atomic E-state index is 0.193. The van der Waals surface area contributed by atoms with Gasteiger partial charge in [0.05, 0.1) is 13.5 Å². The Morgan fingerprint density at radius 1 is 1.46 bits per heavy atom. The highest BCUT2D eigenvalue weighted by Crippen LogP contribution is 2.20. The van der Waals surface area contributed by atoms with Gasteiger partial charge in [-0.15, -0.1) is 11.8 Å². The van der Waals surface area contributed by atoms with Crippen molar-refractivity contribution in [1.29, 1.82) is 0 Å². The molecule has 1 aromatic rings. The molecule has 0 fully saturated rings. The standard InChI is InChI=1S/C10H12O2S/c1-12-10(11)7-8-5-3-4-6-9(8)13-2/h3-6H,7H2,1-2H3. The summed E-state index contributed by atoms with van der Waals surface area (Å²) >= 11 is 1.64. The third-order valence-corrected chi connectivity index (χ3v) is 2.59. The SMILES string of the molecule is COC(=O)Cc1ccccc1SC. The average molecular weight is 196 g/mol. The maximum atomic E-state index is 11.0. The van der Waals surface area contributed by atoms with Crippen molar-refractivity contribution < 1.29 is 9.53 Å². The molecule has 0 unspecified atom stereocenters. The van der Waals surface area contributed by atoms with Crippen LogP contribution in [0.3, 0.4) is 0 Å². The third kappa shape index (κ3) is 2.77. The van der Waals surface area contributed by atoms with Crippen molar-refractivity contribution in [2.75, 3.05) is 13.4 Å². The smallest absolute Gasteiger partial charge is 0.310 e. The van der Waals surface area contributed by atoms with Crippen LogP contribution in [0.4, 0.5) is 0 Å². The first-order valence-corrected chi connectivity index (χ1v) is 5.19. The number of esters is 1. The van der Waals surface area contributed by atoms with Gasteiger partial charge in [0.15, 0.2) is 0 Å². The normalized spacial score (nSPS) is 9.69. The lowest BCUT2D eigenvalue weighted by atomic mass is 10.1. The lowest BCUT2D eigenvalue weighted by Crippen LogP contribution is -2.05. The number of hydrogen-bond acceptors (Lipinski definition) is 3. The molecule has 70 valence electrons. The fraction of sp³-hybridized carbons (Fsp3) is 0.300. The van der Waals surface area contributed by atoms with Gasteiger partial charge in [0, 0.05) is 4.90 Å². The molecule has 0 radical (unpaired) electrons. The molecule has 0 heterocycles. The minimum atomic E-state index is -0.193. The van der Waals surface area contributed by atoms with Gasteiger partial charge in [-0.2, -0.15) is 0 Å². The zero-order chi connectivity index (χ0) is 9.68. The van der Waals surface area contributed by atoms with Crippen molar-refractivity contribution in [3.63, 3.8) is 0 Å². The summed E-state index contributed by atoms with van der Waals surface area (Å²) in [6.45, 7) is 0. The molecule has 1 rings (SSSR count). The maximum Gasteiger partial charge on any atom is 0.310 e. The monoisotopic (exact) mass is 196 g/mol. The Kier molecular flexibility index (Phi) is 3.83. The Morgan fingerprint density at radius 2 is 2.15 bits per heavy atom. The van der Waals surface area contributed by atoms with Gasteiger partial charge < -0.3 is 4.74 Å². The second-order valence-electron chi connectivity index (χ2n) is 2.56. The fourth-order valence-corrected chi connectivity index (χ4v) is 1.69. The molecular formula is C10H12O2S. The summed E-state index contributed by atoms with van der Waals surface area (Å²) in [5.74, 6) is -0.193. The van der Waals surface area contributed by atoms with Crippen LogP contribution < -0.4 is 0 Å². The zero-order valence-corrected chi connectivity index (χ0v) is 8.56. The van der Waals surface area contributed by atoms with Crippen LogP contribution >= 0.6 is 11.8 Å². The number of hydrogen-bond donors (Lipinski definition) is 0. The molecule has 1 aromatic carbocycles. The lowest BCUT2D eigenvalue weighted by molar-refractivity contribution is -0.139. The summed E-state index contributed by atoms with van der Waals surface area (Å²) in [6, 6.07) is 7.84. The number of ether oxygens (including phenoxy) is 1. The molecule has 0 atom stereocenters. The van der Waals surface area contributed by atoms with E-state index in [1.54, 1.807) is 11.8 Å². The van der Waals surface area contributed by atoms with Crippen molar-refractivity contribution in [3.05, 3.63) is 29.8 Å². The van der Waals surface area contributed by atoms with E-state index in [0.29, 0.717) is 6.42 Å². The fourth-order valence-electron chi connectivity index (χ4n) is 1.08. The first kappa shape index (κ1) is 10.1. The molecule has 0 bridgehead atoms. The average Bonchev–Trinajstić information content (AvgIpc) is 2.18. The van der Waals surface area contributed by atoms with E-state index >= 15 is 0 Å². The minimum Gasteiger partial charge on any atom is -0.469 e. The Morgan fingerprint density at radius 3 is 2.77 bits per heavy atom. The van der Waals surface area contributed by atoms with Gasteiger partial charge in [0.25, 0.3) is 0 Å². The molecule has 0 N–H and O–H groups in total. The summed E-state index contributed by atoms with van der Waals surface area (Å²) in [6.07, 6.45) is 2.35. The Bertz CT molecular complexity index is 297. The molecule has 0 aliphatic rings. The molecule has 0 aliphatic carbocycles. The second-order valence-corrected chi connectivity index (χ2v) is 3.41. The predicted molar refractivity (Wildman–Crippen MR) is 53.9 cm³/mol. The summed E-state index contributed by atoms with van der Waals surface area (Å²) < 4.78 is 4.61. The van der Waals surface area contributed by atoms with E-state index in [-0.39, 0.29) is 5.97 Å². The van der Waals surface area contributed by atoms with Gasteiger partial charge in [0.2, 0.25) is 0 Å². The predicted octanol–water partition coefficient (Wildman–Crippen LogP) is 2.12. The quantitative estimate of drug-likeness (QED) is 0.547. The van der Waals surface area contributed by atoms with Crippen LogP contribution in [0, 0.1) is 0 Å². The van der Waals surface area contributed by atoms with Crippen molar-refractivity contribution in [3.8, 4) is 0 Å². The summed E-state index contributed by atoms with van der Waals surface area (Å²) in [4.78, 5) is 12.2. The highest BCUT2D eigenvalue weighted by Gasteiger charge is 2.05. The summed E-state index contributed by atoms with van der Waals surface area (Å²) in [5.41, 5.74) is 1.03. The molecular weight excluding hydrogens is 184 g/mol. The van der Waals surface area contributed by atoms with Crippen molar-refractivity contribution in [1.82, 2.24) is 0 Å². The molecule has 3 heteroatoms. The van der Waals surface area contributed by atoms with Crippen LogP contribution in [0.2, 0.25) is 0 Å². The van der Waals surface area contributed by atoms with E-state index in [1.807, 2.05) is 30.5 Å². The molecule has 0 saturated heterocycles. The summed E-state index contributed by atoms with van der Waals surface area (Å²) in [7, 11) is 1.41. The Labute approximate surface area is 82.3 Å². The van der Waals surface area contributed by atoms with Gasteiger partial charge >= 0.3 is 5.97 Å². The van der Waals surface area contributed by atoms with Gasteiger partial charge in [0.1, 0.15) is 0 Å². The van der Waals surface area contributed by atoms with Crippen molar-refractivity contribution in [2.45, 2.75) is 11.3 Å². The number of benzene rings is 1. The second kappa shape index (κ2) is 4.92. The first-order valence-electron chi connectivity index (χ1n) is 3.96. The van der Waals surface area contributed by atoms with Gasteiger partial charge in [-0.1, -0.05) is 18.2 Å². The molecule has 0 saturated carbocycles. The number of methoxy groups -OCH3 is 1. The highest BCUT2D eigenvalue weighted by atomic mass is 32.2. The van der Waals surface area contributed by atoms with Crippen LogP contribution in [0.5, 0.6) is 0 Å². The molecule has 0 aromatic heterocycles. The van der Waals surface area contributed by atoms with Crippen molar-refractivity contribution >= 4 is 17.7 Å². The number of carbonyl (C=O) groups is 1. The zero-order valence-electron chi connectivity index (χ0n) is 7.74. The third-order valence-electron chi connectivity index (χ3n) is 1.75. The molecule has 0 amide bonds. The Hall–Kier alpha value is -0.960. The van der Waals surface area contributed by atoms with Crippen LogP contribution in [-0.2, 0) is 16.0 Å².